The summed E-state index contributed by atoms with van der Waals surface area (Å²) in [5.74, 6) is 0.0582. The minimum atomic E-state index is 0.0582. The fraction of sp³-hybridized carbons (Fsp3) is 0.588. The number of carbonyl (C=O) groups is 1. The third-order valence-electron chi connectivity index (χ3n) is 4.06. The highest BCUT2D eigenvalue weighted by Gasteiger charge is 2.27. The van der Waals surface area contributed by atoms with E-state index in [1.54, 1.807) is 0 Å². The van der Waals surface area contributed by atoms with Crippen molar-refractivity contribution < 1.29 is 4.79 Å². The Labute approximate surface area is 122 Å². The van der Waals surface area contributed by atoms with E-state index in [0.717, 1.165) is 37.1 Å². The summed E-state index contributed by atoms with van der Waals surface area (Å²) in [7, 11) is 0. The van der Waals surface area contributed by atoms with Gasteiger partial charge in [-0.2, -0.15) is 0 Å². The zero-order valence-electron chi connectivity index (χ0n) is 13.1. The Morgan fingerprint density at radius 1 is 1.25 bits per heavy atom. The Morgan fingerprint density at radius 3 is 2.45 bits per heavy atom. The van der Waals surface area contributed by atoms with Crippen LogP contribution in [0.4, 0.5) is 0 Å². The van der Waals surface area contributed by atoms with Crippen LogP contribution >= 0.6 is 0 Å². The van der Waals surface area contributed by atoms with Crippen molar-refractivity contribution in [1.29, 1.82) is 0 Å². The first-order valence-corrected chi connectivity index (χ1v) is 7.49. The molecule has 20 heavy (non-hydrogen) atoms. The molecular weight excluding hydrogens is 248 g/mol. The lowest BCUT2D eigenvalue weighted by atomic mass is 9.98. The number of carbonyl (C=O) groups excluding carboxylic acids is 1. The lowest BCUT2D eigenvalue weighted by Crippen LogP contribution is -2.50. The zero-order valence-corrected chi connectivity index (χ0v) is 13.1. The van der Waals surface area contributed by atoms with Crippen LogP contribution in [0.5, 0.6) is 0 Å². The van der Waals surface area contributed by atoms with Crippen molar-refractivity contribution >= 4 is 5.91 Å². The molecule has 1 heterocycles. The number of hydrogen-bond donors (Lipinski definition) is 1. The van der Waals surface area contributed by atoms with Gasteiger partial charge in [0, 0.05) is 30.2 Å². The first kappa shape index (κ1) is 15.0. The molecule has 1 N–H and O–H groups in total. The summed E-state index contributed by atoms with van der Waals surface area (Å²) in [6, 6.07) is 8.08. The number of piperidine rings is 1. The van der Waals surface area contributed by atoms with Gasteiger partial charge in [0.25, 0.3) is 5.91 Å². The number of likely N-dealkylation sites (tertiary alicyclic amines) is 1. The van der Waals surface area contributed by atoms with E-state index in [2.05, 4.69) is 31.0 Å². The lowest BCUT2D eigenvalue weighted by molar-refractivity contribution is 0.0812. The van der Waals surface area contributed by atoms with Crippen LogP contribution in [0, 0.1) is 6.92 Å². The van der Waals surface area contributed by atoms with Gasteiger partial charge >= 0.3 is 0 Å². The van der Waals surface area contributed by atoms with E-state index in [1.807, 2.05) is 31.2 Å². The molecule has 110 valence electrons. The van der Waals surface area contributed by atoms with Crippen LogP contribution < -0.4 is 5.32 Å². The second kappa shape index (κ2) is 5.96. The molecule has 0 saturated carbocycles. The minimum absolute atomic E-state index is 0.0582. The molecule has 1 aromatic carbocycles. The number of nitrogens with zero attached hydrogens (tertiary/aromatic N) is 1. The van der Waals surface area contributed by atoms with Crippen molar-refractivity contribution in [3.63, 3.8) is 0 Å². The molecule has 0 radical (unpaired) electrons. The molecule has 0 spiro atoms. The minimum Gasteiger partial charge on any atom is -0.349 e. The number of amides is 1. The smallest absolute Gasteiger partial charge is 0.251 e. The van der Waals surface area contributed by atoms with Crippen LogP contribution in [-0.4, -0.2) is 35.5 Å². The maximum Gasteiger partial charge on any atom is 0.251 e. The Kier molecular flexibility index (Phi) is 4.48. The molecule has 0 unspecified atom stereocenters. The Hall–Kier alpha value is -1.35. The monoisotopic (exact) mass is 274 g/mol. The van der Waals surface area contributed by atoms with Crippen molar-refractivity contribution in [1.82, 2.24) is 10.2 Å². The highest BCUT2D eigenvalue weighted by atomic mass is 16.1. The van der Waals surface area contributed by atoms with Crippen LogP contribution in [0.3, 0.4) is 0 Å². The van der Waals surface area contributed by atoms with Crippen LogP contribution in [0.2, 0.25) is 0 Å². The van der Waals surface area contributed by atoms with Gasteiger partial charge in [0.1, 0.15) is 0 Å². The van der Waals surface area contributed by atoms with Crippen LogP contribution in [-0.2, 0) is 0 Å². The predicted molar refractivity (Wildman–Crippen MR) is 83.0 cm³/mol. The quantitative estimate of drug-likeness (QED) is 0.899. The molecular formula is C17H26N2O. The highest BCUT2D eigenvalue weighted by molar-refractivity contribution is 5.94. The maximum absolute atomic E-state index is 12.2. The van der Waals surface area contributed by atoms with Gasteiger partial charge in [-0.25, -0.2) is 0 Å². The summed E-state index contributed by atoms with van der Waals surface area (Å²) in [6.45, 7) is 10.9. The molecule has 1 aromatic rings. The second-order valence-corrected chi connectivity index (χ2v) is 6.78. The van der Waals surface area contributed by atoms with E-state index in [-0.39, 0.29) is 11.4 Å². The van der Waals surface area contributed by atoms with E-state index < -0.39 is 0 Å². The Morgan fingerprint density at radius 2 is 1.90 bits per heavy atom. The van der Waals surface area contributed by atoms with Crippen molar-refractivity contribution in [2.24, 2.45) is 0 Å². The highest BCUT2D eigenvalue weighted by Crippen LogP contribution is 2.20. The van der Waals surface area contributed by atoms with Gasteiger partial charge in [-0.1, -0.05) is 17.7 Å². The zero-order chi connectivity index (χ0) is 14.8. The molecule has 1 fully saturated rings. The molecule has 1 amide bonds. The van der Waals surface area contributed by atoms with E-state index in [1.165, 1.54) is 0 Å². The van der Waals surface area contributed by atoms with Gasteiger partial charge in [-0.15, -0.1) is 0 Å². The molecule has 3 nitrogen and oxygen atoms in total. The van der Waals surface area contributed by atoms with Gasteiger partial charge < -0.3 is 5.32 Å². The number of benzene rings is 1. The summed E-state index contributed by atoms with van der Waals surface area (Å²) in [5, 5.41) is 3.17. The predicted octanol–water partition coefficient (Wildman–Crippen LogP) is 2.99. The van der Waals surface area contributed by atoms with Crippen LogP contribution in [0.25, 0.3) is 0 Å². The summed E-state index contributed by atoms with van der Waals surface area (Å²) < 4.78 is 0. The lowest BCUT2D eigenvalue weighted by Gasteiger charge is -2.41. The first-order valence-electron chi connectivity index (χ1n) is 7.49. The molecule has 0 aliphatic carbocycles. The fourth-order valence-corrected chi connectivity index (χ4v) is 2.75. The number of nitrogens with one attached hydrogen (secondary N) is 1. The molecule has 1 aliphatic heterocycles. The van der Waals surface area contributed by atoms with Crippen molar-refractivity contribution in [3.8, 4) is 0 Å². The van der Waals surface area contributed by atoms with Gasteiger partial charge in [-0.05, 0) is 52.7 Å². The maximum atomic E-state index is 12.2. The van der Waals surface area contributed by atoms with Crippen LogP contribution in [0.1, 0.15) is 49.5 Å². The average molecular weight is 274 g/mol. The summed E-state index contributed by atoms with van der Waals surface area (Å²) in [4.78, 5) is 14.7. The molecule has 1 aliphatic rings. The topological polar surface area (TPSA) is 32.3 Å². The third kappa shape index (κ3) is 3.83. The molecule has 0 aromatic heterocycles. The van der Waals surface area contributed by atoms with Crippen molar-refractivity contribution in [3.05, 3.63) is 35.4 Å². The van der Waals surface area contributed by atoms with Crippen molar-refractivity contribution in [2.75, 3.05) is 13.1 Å². The Bertz CT molecular complexity index is 468. The summed E-state index contributed by atoms with van der Waals surface area (Å²) in [5.41, 5.74) is 2.12. The van der Waals surface area contributed by atoms with E-state index in [4.69, 9.17) is 0 Å². The molecule has 3 heteroatoms. The van der Waals surface area contributed by atoms with Gasteiger partial charge in [0.05, 0.1) is 0 Å². The molecule has 2 rings (SSSR count). The fourth-order valence-electron chi connectivity index (χ4n) is 2.75. The summed E-state index contributed by atoms with van der Waals surface area (Å²) >= 11 is 0. The van der Waals surface area contributed by atoms with Gasteiger partial charge in [0.15, 0.2) is 0 Å². The molecule has 0 atom stereocenters. The number of aryl methyl sites for hydroxylation is 1. The number of hydrogen-bond acceptors (Lipinski definition) is 2. The van der Waals surface area contributed by atoms with E-state index in [9.17, 15) is 4.79 Å². The van der Waals surface area contributed by atoms with E-state index in [0.29, 0.717) is 6.04 Å². The molecule has 1 saturated heterocycles. The largest absolute Gasteiger partial charge is 0.349 e. The molecule has 0 bridgehead atoms. The van der Waals surface area contributed by atoms with Crippen molar-refractivity contribution in [2.45, 2.75) is 52.1 Å². The SMILES string of the molecule is Cc1cccc(C(=O)NC2CCN(C(C)(C)C)CC2)c1. The summed E-state index contributed by atoms with van der Waals surface area (Å²) in [6.07, 6.45) is 2.07. The average Bonchev–Trinajstić information content (AvgIpc) is 2.38. The standard InChI is InChI=1S/C17H26N2O/c1-13-6-5-7-14(12-13)16(20)18-15-8-10-19(11-9-15)17(2,3)4/h5-7,12,15H,8-11H2,1-4H3,(H,18,20). The van der Waals surface area contributed by atoms with E-state index >= 15 is 0 Å². The van der Waals surface area contributed by atoms with Crippen LogP contribution in [0.15, 0.2) is 24.3 Å². The number of rotatable bonds is 2. The second-order valence-electron chi connectivity index (χ2n) is 6.78. The third-order valence-corrected chi connectivity index (χ3v) is 4.06. The first-order chi connectivity index (χ1) is 9.36. The van der Waals surface area contributed by atoms with Gasteiger partial charge in [-0.3, -0.25) is 9.69 Å². The Balaban J connectivity index is 1.88. The van der Waals surface area contributed by atoms with Gasteiger partial charge in [0.2, 0.25) is 0 Å². The normalized spacial score (nSPS) is 18.0.